The van der Waals surface area contributed by atoms with Crippen LogP contribution in [0.1, 0.15) is 82.9 Å². The molecule has 12 nitrogen and oxygen atoms in total. The zero-order valence-corrected chi connectivity index (χ0v) is 32.1. The van der Waals surface area contributed by atoms with E-state index in [0.717, 1.165) is 91.4 Å². The molecule has 3 aliphatic rings. The maximum absolute atomic E-state index is 13.3. The highest BCUT2D eigenvalue weighted by Crippen LogP contribution is 2.36. The first-order valence-electron chi connectivity index (χ1n) is 19.4. The molecule has 1 unspecified atom stereocenters. The summed E-state index contributed by atoms with van der Waals surface area (Å²) in [6.07, 6.45) is 4.21. The number of nitrogens with zero attached hydrogens (tertiary/aromatic N) is 3. The van der Waals surface area contributed by atoms with Crippen LogP contribution in [0.15, 0.2) is 97.1 Å². The Labute approximate surface area is 332 Å². The summed E-state index contributed by atoms with van der Waals surface area (Å²) in [5.74, 6) is -0.859. The van der Waals surface area contributed by atoms with Crippen LogP contribution in [-0.4, -0.2) is 95.5 Å². The van der Waals surface area contributed by atoms with Crippen molar-refractivity contribution in [3.05, 3.63) is 125 Å². The standard InChI is InChI=1S/C44H46N4O6.CH2O2/c1-2-36(30-9-5-3-6-10-30)41(31-11-16-34(49)17-12-31)32-13-18-35(19-14-32)54-28-8-4-7-23-46-24-26-47(27-25-46)33-15-20-37-38(29-33)44(53)48(43(37)52)39-21-22-40(50)45-42(39)51;2-1-3/h3,5-6,9-20,29,39,49H,2,4,7-8,21-28H2,1H3,(H,45,50,51);1H,(H,2,3)/b41-36-;. The van der Waals surface area contributed by atoms with E-state index in [9.17, 15) is 24.3 Å². The molecule has 0 aliphatic carbocycles. The maximum atomic E-state index is 13.3. The van der Waals surface area contributed by atoms with Crippen molar-refractivity contribution < 1.29 is 38.9 Å². The summed E-state index contributed by atoms with van der Waals surface area (Å²) >= 11 is 0. The summed E-state index contributed by atoms with van der Waals surface area (Å²) in [5, 5.41) is 19.1. The van der Waals surface area contributed by atoms with Crippen molar-refractivity contribution in [2.24, 2.45) is 0 Å². The third kappa shape index (κ3) is 9.58. The number of ether oxygens (including phenoxy) is 1. The highest BCUT2D eigenvalue weighted by Gasteiger charge is 2.44. The molecular formula is C45H48N4O8. The van der Waals surface area contributed by atoms with E-state index in [-0.39, 0.29) is 31.0 Å². The zero-order valence-electron chi connectivity index (χ0n) is 32.1. The number of hydrogen-bond donors (Lipinski definition) is 3. The molecule has 0 radical (unpaired) electrons. The summed E-state index contributed by atoms with van der Waals surface area (Å²) in [7, 11) is 0. The van der Waals surface area contributed by atoms with Crippen molar-refractivity contribution in [3.63, 3.8) is 0 Å². The van der Waals surface area contributed by atoms with Gasteiger partial charge in [-0.1, -0.05) is 61.5 Å². The number of unbranched alkanes of at least 4 members (excludes halogenated alkanes) is 2. The lowest BCUT2D eigenvalue weighted by Crippen LogP contribution is -2.54. The van der Waals surface area contributed by atoms with Crippen LogP contribution < -0.4 is 15.0 Å². The number of allylic oxidation sites excluding steroid dienone is 1. The number of amides is 4. The second kappa shape index (κ2) is 19.1. The van der Waals surface area contributed by atoms with Gasteiger partial charge in [-0.3, -0.25) is 39.1 Å². The van der Waals surface area contributed by atoms with Crippen LogP contribution in [-0.2, 0) is 14.4 Å². The number of nitrogens with one attached hydrogen (secondary N) is 1. The van der Waals surface area contributed by atoms with Gasteiger partial charge in [0, 0.05) is 38.3 Å². The van der Waals surface area contributed by atoms with E-state index in [1.807, 2.05) is 36.4 Å². The van der Waals surface area contributed by atoms with Crippen LogP contribution in [0.3, 0.4) is 0 Å². The number of benzene rings is 4. The van der Waals surface area contributed by atoms with E-state index >= 15 is 0 Å². The van der Waals surface area contributed by atoms with Crippen molar-refractivity contribution >= 4 is 46.9 Å². The van der Waals surface area contributed by atoms with Gasteiger partial charge in [-0.25, -0.2) is 0 Å². The molecule has 57 heavy (non-hydrogen) atoms. The molecule has 1 atom stereocenters. The van der Waals surface area contributed by atoms with Gasteiger partial charge in [-0.15, -0.1) is 0 Å². The normalized spacial score (nSPS) is 17.3. The quantitative estimate of drug-likeness (QED) is 0.0616. The smallest absolute Gasteiger partial charge is 0.290 e. The first-order valence-corrected chi connectivity index (χ1v) is 19.4. The number of piperazine rings is 1. The zero-order chi connectivity index (χ0) is 40.3. The first kappa shape index (κ1) is 40.4. The van der Waals surface area contributed by atoms with Crippen molar-refractivity contribution in [1.29, 1.82) is 0 Å². The minimum absolute atomic E-state index is 0.0982. The number of anilines is 1. The monoisotopic (exact) mass is 772 g/mol. The van der Waals surface area contributed by atoms with E-state index in [1.54, 1.807) is 24.3 Å². The van der Waals surface area contributed by atoms with Gasteiger partial charge in [0.1, 0.15) is 17.5 Å². The Kier molecular flexibility index (Phi) is 13.5. The van der Waals surface area contributed by atoms with Gasteiger partial charge in [0.2, 0.25) is 11.8 Å². The first-order chi connectivity index (χ1) is 27.7. The molecule has 0 saturated carbocycles. The third-order valence-electron chi connectivity index (χ3n) is 10.6. The minimum atomic E-state index is -0.964. The molecule has 2 saturated heterocycles. The summed E-state index contributed by atoms with van der Waals surface area (Å²) in [4.78, 5) is 64.4. The van der Waals surface area contributed by atoms with Crippen molar-refractivity contribution in [1.82, 2.24) is 15.1 Å². The molecule has 0 spiro atoms. The van der Waals surface area contributed by atoms with E-state index < -0.39 is 23.8 Å². The largest absolute Gasteiger partial charge is 0.508 e. The number of phenolic OH excluding ortho intramolecular Hbond substituents is 1. The summed E-state index contributed by atoms with van der Waals surface area (Å²) in [6.45, 7) is 7.01. The van der Waals surface area contributed by atoms with E-state index in [0.29, 0.717) is 17.7 Å². The van der Waals surface area contributed by atoms with Gasteiger partial charge < -0.3 is 19.8 Å². The highest BCUT2D eigenvalue weighted by molar-refractivity contribution is 6.23. The van der Waals surface area contributed by atoms with Gasteiger partial charge in [-0.2, -0.15) is 0 Å². The van der Waals surface area contributed by atoms with Crippen molar-refractivity contribution in [2.45, 2.75) is 51.5 Å². The van der Waals surface area contributed by atoms with Crippen LogP contribution >= 0.6 is 0 Å². The van der Waals surface area contributed by atoms with E-state index in [4.69, 9.17) is 14.6 Å². The summed E-state index contributed by atoms with van der Waals surface area (Å²) < 4.78 is 6.13. The molecule has 3 aliphatic heterocycles. The number of aromatic hydroxyl groups is 1. The SMILES string of the molecule is CC/C(=C(\c1ccc(O)cc1)c1ccc(OCCCCCN2CCN(c3ccc4c(c3)C(=O)N(C3CCC(=O)NC3=O)C4=O)CC2)cc1)c1ccccc1.O=CO. The maximum Gasteiger partial charge on any atom is 0.290 e. The molecule has 2 fully saturated rings. The number of carbonyl (C=O) groups excluding carboxylic acids is 4. The fourth-order valence-electron chi connectivity index (χ4n) is 7.72. The minimum Gasteiger partial charge on any atom is -0.508 e. The van der Waals surface area contributed by atoms with Crippen LogP contribution in [0.2, 0.25) is 0 Å². The van der Waals surface area contributed by atoms with Crippen LogP contribution in [0.25, 0.3) is 11.1 Å². The average molecular weight is 773 g/mol. The number of imide groups is 2. The number of fused-ring (bicyclic) bond motifs is 1. The predicted molar refractivity (Wildman–Crippen MR) is 217 cm³/mol. The van der Waals surface area contributed by atoms with Gasteiger partial charge in [0.05, 0.1) is 17.7 Å². The Morgan fingerprint density at radius 3 is 2.09 bits per heavy atom. The molecule has 296 valence electrons. The molecule has 4 aromatic carbocycles. The van der Waals surface area contributed by atoms with E-state index in [1.165, 1.54) is 11.1 Å². The Hall–Kier alpha value is -6.27. The van der Waals surface area contributed by atoms with Gasteiger partial charge >= 0.3 is 0 Å². The summed E-state index contributed by atoms with van der Waals surface area (Å²) in [5.41, 5.74) is 7.23. The lowest BCUT2D eigenvalue weighted by atomic mass is 9.88. The Balaban J connectivity index is 0.00000177. The number of phenols is 1. The second-order valence-electron chi connectivity index (χ2n) is 14.2. The average Bonchev–Trinajstić information content (AvgIpc) is 3.47. The number of carbonyl (C=O) groups is 5. The molecule has 7 rings (SSSR count). The lowest BCUT2D eigenvalue weighted by molar-refractivity contribution is -0.136. The molecule has 0 aromatic heterocycles. The lowest BCUT2D eigenvalue weighted by Gasteiger charge is -2.36. The van der Waals surface area contributed by atoms with Gasteiger partial charge in [-0.05, 0) is 109 Å². The Morgan fingerprint density at radius 2 is 1.44 bits per heavy atom. The molecule has 4 aromatic rings. The third-order valence-corrected chi connectivity index (χ3v) is 10.6. The van der Waals surface area contributed by atoms with Crippen molar-refractivity contribution in [2.75, 3.05) is 44.2 Å². The molecule has 12 heteroatoms. The molecule has 0 bridgehead atoms. The van der Waals surface area contributed by atoms with Crippen LogP contribution in [0, 0.1) is 0 Å². The molecular weight excluding hydrogens is 725 g/mol. The highest BCUT2D eigenvalue weighted by atomic mass is 16.5. The molecule has 3 N–H and O–H groups in total. The second-order valence-corrected chi connectivity index (χ2v) is 14.2. The summed E-state index contributed by atoms with van der Waals surface area (Å²) in [6, 6.07) is 30.5. The topological polar surface area (TPSA) is 157 Å². The molecule has 3 heterocycles. The fourth-order valence-corrected chi connectivity index (χ4v) is 7.72. The van der Waals surface area contributed by atoms with Crippen LogP contribution in [0.4, 0.5) is 5.69 Å². The van der Waals surface area contributed by atoms with Gasteiger partial charge in [0.25, 0.3) is 18.3 Å². The Morgan fingerprint density at radius 1 is 0.789 bits per heavy atom. The van der Waals surface area contributed by atoms with E-state index in [2.05, 4.69) is 58.4 Å². The van der Waals surface area contributed by atoms with Crippen LogP contribution in [0.5, 0.6) is 11.5 Å². The Bertz CT molecular complexity index is 2090. The van der Waals surface area contributed by atoms with Crippen molar-refractivity contribution in [3.8, 4) is 11.5 Å². The predicted octanol–water partition coefficient (Wildman–Crippen LogP) is 6.23. The van der Waals surface area contributed by atoms with Gasteiger partial charge in [0.15, 0.2) is 0 Å². The number of piperidine rings is 1. The fraction of sp³-hybridized carbons (Fsp3) is 0.311. The number of hydrogen-bond acceptors (Lipinski definition) is 9. The number of rotatable bonds is 13. The molecule has 4 amide bonds. The number of carboxylic acid groups (broad SMARTS) is 1.